The Morgan fingerprint density at radius 2 is 2.40 bits per heavy atom. The van der Waals surface area contributed by atoms with Crippen LogP contribution in [-0.2, 0) is 0 Å². The van der Waals surface area contributed by atoms with Crippen LogP contribution < -0.4 is 0 Å². The van der Waals surface area contributed by atoms with E-state index in [4.69, 9.17) is 5.21 Å². The molecule has 0 spiro atoms. The molecule has 0 unspecified atom stereocenters. The van der Waals surface area contributed by atoms with Gasteiger partial charge in [-0.3, -0.25) is 0 Å². The van der Waals surface area contributed by atoms with Gasteiger partial charge in [-0.2, -0.15) is 0 Å². The molecule has 1 aromatic rings. The number of nitrogens with zero attached hydrogens (tertiary/aromatic N) is 3. The summed E-state index contributed by atoms with van der Waals surface area (Å²) in [4.78, 5) is 7.68. The largest absolute Gasteiger partial charge is 0.411 e. The van der Waals surface area contributed by atoms with Crippen molar-refractivity contribution in [3.8, 4) is 0 Å². The summed E-state index contributed by atoms with van der Waals surface area (Å²) in [7, 11) is 0. The van der Waals surface area contributed by atoms with Gasteiger partial charge in [-0.05, 0) is 13.0 Å². The van der Waals surface area contributed by atoms with Crippen molar-refractivity contribution in [2.45, 2.75) is 6.92 Å². The fraction of sp³-hybridized carbons (Fsp3) is 0.167. The first-order chi connectivity index (χ1) is 4.83. The minimum absolute atomic E-state index is 0.606. The molecule has 4 nitrogen and oxygen atoms in total. The average Bonchev–Trinajstić information content (AvgIpc) is 1.88. The first-order valence-electron chi connectivity index (χ1n) is 2.79. The van der Waals surface area contributed by atoms with Crippen molar-refractivity contribution in [3.05, 3.63) is 23.8 Å². The molecule has 0 amide bonds. The fourth-order valence-corrected chi connectivity index (χ4v) is 0.605. The third-order valence-electron chi connectivity index (χ3n) is 1.01. The van der Waals surface area contributed by atoms with E-state index in [0.29, 0.717) is 5.69 Å². The van der Waals surface area contributed by atoms with Gasteiger partial charge in [-0.25, -0.2) is 9.97 Å². The second-order valence-corrected chi connectivity index (χ2v) is 1.83. The molecule has 0 radical (unpaired) electrons. The van der Waals surface area contributed by atoms with E-state index in [1.54, 1.807) is 6.07 Å². The quantitative estimate of drug-likeness (QED) is 0.350. The summed E-state index contributed by atoms with van der Waals surface area (Å²) in [5, 5.41) is 11.0. The van der Waals surface area contributed by atoms with Crippen molar-refractivity contribution in [2.75, 3.05) is 0 Å². The monoisotopic (exact) mass is 137 g/mol. The molecule has 4 heteroatoms. The van der Waals surface area contributed by atoms with Crippen molar-refractivity contribution in [3.63, 3.8) is 0 Å². The Kier molecular flexibility index (Phi) is 1.94. The molecule has 0 bridgehead atoms. The Balaban J connectivity index is 2.95. The molecular weight excluding hydrogens is 130 g/mol. The van der Waals surface area contributed by atoms with Crippen LogP contribution in [-0.4, -0.2) is 21.4 Å². The van der Waals surface area contributed by atoms with E-state index in [9.17, 15) is 0 Å². The van der Waals surface area contributed by atoms with Gasteiger partial charge in [0, 0.05) is 5.69 Å². The second kappa shape index (κ2) is 2.91. The molecule has 52 valence electrons. The van der Waals surface area contributed by atoms with E-state index in [1.165, 1.54) is 12.5 Å². The summed E-state index contributed by atoms with van der Waals surface area (Å²) >= 11 is 0. The van der Waals surface area contributed by atoms with Crippen molar-refractivity contribution < 1.29 is 5.21 Å². The number of rotatable bonds is 1. The SMILES string of the molecule is Cc1cc(/C=N\O)ncn1. The van der Waals surface area contributed by atoms with Crippen LogP contribution in [0.4, 0.5) is 0 Å². The van der Waals surface area contributed by atoms with Crippen LogP contribution >= 0.6 is 0 Å². The van der Waals surface area contributed by atoms with Gasteiger partial charge in [0.05, 0.1) is 11.9 Å². The summed E-state index contributed by atoms with van der Waals surface area (Å²) in [5.41, 5.74) is 1.46. The zero-order valence-electron chi connectivity index (χ0n) is 5.52. The summed E-state index contributed by atoms with van der Waals surface area (Å²) in [6.45, 7) is 1.84. The zero-order chi connectivity index (χ0) is 7.40. The molecule has 1 rings (SSSR count). The lowest BCUT2D eigenvalue weighted by atomic mass is 10.3. The van der Waals surface area contributed by atoms with Gasteiger partial charge in [0.15, 0.2) is 0 Å². The van der Waals surface area contributed by atoms with Gasteiger partial charge in [0.2, 0.25) is 0 Å². The number of aromatic nitrogens is 2. The van der Waals surface area contributed by atoms with Crippen molar-refractivity contribution in [2.24, 2.45) is 5.16 Å². The van der Waals surface area contributed by atoms with E-state index >= 15 is 0 Å². The van der Waals surface area contributed by atoms with Gasteiger partial charge in [-0.1, -0.05) is 5.16 Å². The standard InChI is InChI=1S/C6H7N3O/c1-5-2-6(3-9-10)8-4-7-5/h2-4,10H,1H3/b9-3-. The Morgan fingerprint density at radius 1 is 1.60 bits per heavy atom. The minimum atomic E-state index is 0.606. The summed E-state index contributed by atoms with van der Waals surface area (Å²) < 4.78 is 0. The molecular formula is C6H7N3O. The Hall–Kier alpha value is -1.45. The number of aryl methyl sites for hydroxylation is 1. The van der Waals surface area contributed by atoms with Crippen LogP contribution in [0.5, 0.6) is 0 Å². The molecule has 1 heterocycles. The lowest BCUT2D eigenvalue weighted by Crippen LogP contribution is -1.90. The van der Waals surface area contributed by atoms with Crippen LogP contribution in [0.3, 0.4) is 0 Å². The molecule has 1 aromatic heterocycles. The molecule has 10 heavy (non-hydrogen) atoms. The highest BCUT2D eigenvalue weighted by Crippen LogP contribution is 1.91. The first-order valence-corrected chi connectivity index (χ1v) is 2.79. The van der Waals surface area contributed by atoms with Crippen LogP contribution in [0, 0.1) is 6.92 Å². The Bertz CT molecular complexity index is 247. The smallest absolute Gasteiger partial charge is 0.116 e. The van der Waals surface area contributed by atoms with Gasteiger partial charge in [-0.15, -0.1) is 0 Å². The maximum Gasteiger partial charge on any atom is 0.116 e. The van der Waals surface area contributed by atoms with E-state index in [0.717, 1.165) is 5.69 Å². The minimum Gasteiger partial charge on any atom is -0.411 e. The Labute approximate surface area is 58.2 Å². The van der Waals surface area contributed by atoms with Crippen LogP contribution in [0.2, 0.25) is 0 Å². The predicted octanol–water partition coefficient (Wildman–Crippen LogP) is 0.593. The average molecular weight is 137 g/mol. The molecule has 0 fully saturated rings. The molecule has 0 aliphatic rings. The molecule has 0 aliphatic heterocycles. The topological polar surface area (TPSA) is 58.4 Å². The lowest BCUT2D eigenvalue weighted by molar-refractivity contribution is 0.321. The normalized spacial score (nSPS) is 10.5. The highest BCUT2D eigenvalue weighted by atomic mass is 16.4. The fourth-order valence-electron chi connectivity index (χ4n) is 0.605. The number of hydrogen-bond acceptors (Lipinski definition) is 4. The Morgan fingerprint density at radius 3 is 3.00 bits per heavy atom. The van der Waals surface area contributed by atoms with E-state index in [2.05, 4.69) is 15.1 Å². The van der Waals surface area contributed by atoms with E-state index < -0.39 is 0 Å². The maximum absolute atomic E-state index is 8.12. The maximum atomic E-state index is 8.12. The lowest BCUT2D eigenvalue weighted by Gasteiger charge is -1.90. The van der Waals surface area contributed by atoms with Crippen molar-refractivity contribution >= 4 is 6.21 Å². The molecule has 0 atom stereocenters. The highest BCUT2D eigenvalue weighted by molar-refractivity contribution is 5.76. The third-order valence-corrected chi connectivity index (χ3v) is 1.01. The highest BCUT2D eigenvalue weighted by Gasteiger charge is 1.88. The van der Waals surface area contributed by atoms with E-state index in [1.807, 2.05) is 6.92 Å². The van der Waals surface area contributed by atoms with Crippen molar-refractivity contribution in [1.29, 1.82) is 0 Å². The molecule has 0 saturated carbocycles. The molecule has 1 N–H and O–H groups in total. The van der Waals surface area contributed by atoms with Gasteiger partial charge >= 0.3 is 0 Å². The first kappa shape index (κ1) is 6.67. The molecule has 0 aliphatic carbocycles. The zero-order valence-corrected chi connectivity index (χ0v) is 5.52. The second-order valence-electron chi connectivity index (χ2n) is 1.83. The van der Waals surface area contributed by atoms with Crippen LogP contribution in [0.15, 0.2) is 17.5 Å². The van der Waals surface area contributed by atoms with Crippen LogP contribution in [0.1, 0.15) is 11.4 Å². The van der Waals surface area contributed by atoms with Gasteiger partial charge < -0.3 is 5.21 Å². The number of oxime groups is 1. The van der Waals surface area contributed by atoms with E-state index in [-0.39, 0.29) is 0 Å². The molecule has 0 aromatic carbocycles. The van der Waals surface area contributed by atoms with Crippen LogP contribution in [0.25, 0.3) is 0 Å². The summed E-state index contributed by atoms with van der Waals surface area (Å²) in [6.07, 6.45) is 2.68. The summed E-state index contributed by atoms with van der Waals surface area (Å²) in [5.74, 6) is 0. The number of hydrogen-bond donors (Lipinski definition) is 1. The predicted molar refractivity (Wildman–Crippen MR) is 36.1 cm³/mol. The summed E-state index contributed by atoms with van der Waals surface area (Å²) in [6, 6.07) is 1.72. The van der Waals surface area contributed by atoms with Gasteiger partial charge in [0.25, 0.3) is 0 Å². The third kappa shape index (κ3) is 1.51. The van der Waals surface area contributed by atoms with Gasteiger partial charge in [0.1, 0.15) is 6.33 Å². The molecule has 0 saturated heterocycles. The van der Waals surface area contributed by atoms with Crippen molar-refractivity contribution in [1.82, 2.24) is 9.97 Å².